The van der Waals surface area contributed by atoms with Gasteiger partial charge >= 0.3 is 6.09 Å². The summed E-state index contributed by atoms with van der Waals surface area (Å²) in [6.07, 6.45) is 4.42. The molecule has 1 amide bonds. The number of nitrogens with zero attached hydrogens (tertiary/aromatic N) is 1. The van der Waals surface area contributed by atoms with Crippen LogP contribution in [0, 0.1) is 0 Å². The average Bonchev–Trinajstić information content (AvgIpc) is 2.61. The fourth-order valence-electron chi connectivity index (χ4n) is 2.36. The molecule has 1 unspecified atom stereocenters. The Hall–Kier alpha value is -2.24. The molecule has 6 heteroatoms. The van der Waals surface area contributed by atoms with Crippen molar-refractivity contribution in [2.75, 3.05) is 19.0 Å². The van der Waals surface area contributed by atoms with Crippen LogP contribution >= 0.6 is 0 Å². The van der Waals surface area contributed by atoms with Gasteiger partial charge in [0.1, 0.15) is 0 Å². The van der Waals surface area contributed by atoms with E-state index in [4.69, 9.17) is 0 Å². The Kier molecular flexibility index (Phi) is 10.1. The Morgan fingerprint density at radius 2 is 1.92 bits per heavy atom. The lowest BCUT2D eigenvalue weighted by atomic mass is 10.1. The van der Waals surface area contributed by atoms with Gasteiger partial charge in [0.05, 0.1) is 13.7 Å². The second-order valence-electron chi connectivity index (χ2n) is 6.05. The van der Waals surface area contributed by atoms with Gasteiger partial charge in [0.15, 0.2) is 5.96 Å². The van der Waals surface area contributed by atoms with Crippen molar-refractivity contribution in [3.05, 3.63) is 29.8 Å². The van der Waals surface area contributed by atoms with Gasteiger partial charge in [-0.2, -0.15) is 0 Å². The Bertz CT molecular complexity index is 529. The highest BCUT2D eigenvalue weighted by Gasteiger charge is 2.05. The summed E-state index contributed by atoms with van der Waals surface area (Å²) in [4.78, 5) is 15.8. The van der Waals surface area contributed by atoms with Gasteiger partial charge in [-0.05, 0) is 38.0 Å². The number of benzene rings is 1. The topological polar surface area (TPSA) is 74.8 Å². The lowest BCUT2D eigenvalue weighted by molar-refractivity contribution is 0.187. The molecule has 0 heterocycles. The SMILES string of the molecule is CCCCCC(C)NC(=NCc1ccc(NC(=O)OC)cc1)NCC. The predicted molar refractivity (Wildman–Crippen MR) is 104 cm³/mol. The number of nitrogens with one attached hydrogen (secondary N) is 3. The Morgan fingerprint density at radius 3 is 2.52 bits per heavy atom. The molecule has 0 spiro atoms. The van der Waals surface area contributed by atoms with Crippen molar-refractivity contribution in [1.82, 2.24) is 10.6 Å². The van der Waals surface area contributed by atoms with Crippen molar-refractivity contribution < 1.29 is 9.53 Å². The second-order valence-corrected chi connectivity index (χ2v) is 6.05. The van der Waals surface area contributed by atoms with Gasteiger partial charge < -0.3 is 15.4 Å². The fourth-order valence-corrected chi connectivity index (χ4v) is 2.36. The van der Waals surface area contributed by atoms with E-state index in [0.717, 1.165) is 24.5 Å². The smallest absolute Gasteiger partial charge is 0.411 e. The zero-order valence-corrected chi connectivity index (χ0v) is 15.9. The molecule has 6 nitrogen and oxygen atoms in total. The molecule has 0 saturated heterocycles. The molecule has 0 aromatic heterocycles. The van der Waals surface area contributed by atoms with Crippen LogP contribution in [0.1, 0.15) is 52.0 Å². The normalized spacial score (nSPS) is 12.4. The van der Waals surface area contributed by atoms with E-state index >= 15 is 0 Å². The number of ether oxygens (including phenoxy) is 1. The van der Waals surface area contributed by atoms with E-state index in [1.165, 1.54) is 26.4 Å². The van der Waals surface area contributed by atoms with Crippen LogP contribution in [0.25, 0.3) is 0 Å². The number of rotatable bonds is 9. The molecule has 0 aliphatic rings. The molecule has 0 aliphatic carbocycles. The van der Waals surface area contributed by atoms with Gasteiger partial charge in [-0.15, -0.1) is 0 Å². The van der Waals surface area contributed by atoms with Gasteiger partial charge in [-0.3, -0.25) is 5.32 Å². The molecule has 0 fully saturated rings. The van der Waals surface area contributed by atoms with Crippen LogP contribution in [-0.2, 0) is 11.3 Å². The third kappa shape index (κ3) is 8.98. The summed E-state index contributed by atoms with van der Waals surface area (Å²) in [6.45, 7) is 7.88. The largest absolute Gasteiger partial charge is 0.453 e. The third-order valence-corrected chi connectivity index (χ3v) is 3.77. The van der Waals surface area contributed by atoms with Crippen LogP contribution in [0.3, 0.4) is 0 Å². The molecule has 0 aliphatic heterocycles. The fraction of sp³-hybridized carbons (Fsp3) is 0.579. The molecule has 1 rings (SSSR count). The number of hydrogen-bond acceptors (Lipinski definition) is 3. The van der Waals surface area contributed by atoms with Crippen LogP contribution < -0.4 is 16.0 Å². The standard InChI is InChI=1S/C19H32N4O2/c1-5-7-8-9-15(3)22-18(20-6-2)21-14-16-10-12-17(13-11-16)23-19(24)25-4/h10-13,15H,5-9,14H2,1-4H3,(H,23,24)(H2,20,21,22). The second kappa shape index (κ2) is 12.2. The maximum Gasteiger partial charge on any atom is 0.411 e. The molecule has 3 N–H and O–H groups in total. The van der Waals surface area contributed by atoms with Crippen molar-refractivity contribution in [2.45, 2.75) is 59.0 Å². The summed E-state index contributed by atoms with van der Waals surface area (Å²) in [7, 11) is 1.34. The lowest BCUT2D eigenvalue weighted by Gasteiger charge is -2.17. The quantitative estimate of drug-likeness (QED) is 0.359. The first-order valence-electron chi connectivity index (χ1n) is 9.07. The van der Waals surface area contributed by atoms with E-state index in [0.29, 0.717) is 18.3 Å². The summed E-state index contributed by atoms with van der Waals surface area (Å²) >= 11 is 0. The summed E-state index contributed by atoms with van der Waals surface area (Å²) in [5.74, 6) is 0.836. The molecule has 1 atom stereocenters. The highest BCUT2D eigenvalue weighted by molar-refractivity contribution is 5.84. The average molecular weight is 348 g/mol. The monoisotopic (exact) mass is 348 g/mol. The summed E-state index contributed by atoms with van der Waals surface area (Å²) in [5.41, 5.74) is 1.78. The zero-order valence-electron chi connectivity index (χ0n) is 15.9. The van der Waals surface area contributed by atoms with Crippen molar-refractivity contribution in [2.24, 2.45) is 4.99 Å². The molecule has 140 valence electrons. The Morgan fingerprint density at radius 1 is 1.20 bits per heavy atom. The molecule has 1 aromatic rings. The van der Waals surface area contributed by atoms with E-state index in [9.17, 15) is 4.79 Å². The Labute approximate surface area is 151 Å². The molecule has 0 bridgehead atoms. The number of hydrogen-bond donors (Lipinski definition) is 3. The first-order chi connectivity index (χ1) is 12.1. The first kappa shape index (κ1) is 20.8. The van der Waals surface area contributed by atoms with E-state index in [1.807, 2.05) is 24.3 Å². The van der Waals surface area contributed by atoms with E-state index < -0.39 is 6.09 Å². The van der Waals surface area contributed by atoms with Crippen LogP contribution in [0.2, 0.25) is 0 Å². The van der Waals surface area contributed by atoms with Crippen LogP contribution in [0.5, 0.6) is 0 Å². The number of anilines is 1. The minimum atomic E-state index is -0.471. The third-order valence-electron chi connectivity index (χ3n) is 3.77. The van der Waals surface area contributed by atoms with Crippen molar-refractivity contribution in [1.29, 1.82) is 0 Å². The van der Waals surface area contributed by atoms with E-state index in [2.05, 4.69) is 46.5 Å². The molecule has 0 radical (unpaired) electrons. The van der Waals surface area contributed by atoms with Gasteiger partial charge in [0.25, 0.3) is 0 Å². The molecule has 0 saturated carbocycles. The number of carbonyl (C=O) groups is 1. The van der Waals surface area contributed by atoms with Crippen LogP contribution in [0.15, 0.2) is 29.3 Å². The van der Waals surface area contributed by atoms with Crippen LogP contribution in [0.4, 0.5) is 10.5 Å². The van der Waals surface area contributed by atoms with Gasteiger partial charge in [-0.25, -0.2) is 9.79 Å². The molecular weight excluding hydrogens is 316 g/mol. The number of methoxy groups -OCH3 is 1. The van der Waals surface area contributed by atoms with Crippen molar-refractivity contribution >= 4 is 17.7 Å². The van der Waals surface area contributed by atoms with E-state index in [-0.39, 0.29) is 0 Å². The summed E-state index contributed by atoms with van der Waals surface area (Å²) < 4.78 is 4.57. The number of amides is 1. The van der Waals surface area contributed by atoms with Gasteiger partial charge in [0, 0.05) is 18.3 Å². The van der Waals surface area contributed by atoms with Gasteiger partial charge in [0.2, 0.25) is 0 Å². The number of unbranched alkanes of at least 4 members (excludes halogenated alkanes) is 2. The minimum absolute atomic E-state index is 0.399. The van der Waals surface area contributed by atoms with Gasteiger partial charge in [-0.1, -0.05) is 38.3 Å². The number of guanidine groups is 1. The molecular formula is C19H32N4O2. The molecule has 1 aromatic carbocycles. The zero-order chi connectivity index (χ0) is 18.5. The minimum Gasteiger partial charge on any atom is -0.453 e. The highest BCUT2D eigenvalue weighted by atomic mass is 16.5. The highest BCUT2D eigenvalue weighted by Crippen LogP contribution is 2.11. The van der Waals surface area contributed by atoms with Crippen LogP contribution in [-0.4, -0.2) is 31.7 Å². The van der Waals surface area contributed by atoms with E-state index in [1.54, 1.807) is 0 Å². The predicted octanol–water partition coefficient (Wildman–Crippen LogP) is 3.89. The summed E-state index contributed by atoms with van der Waals surface area (Å²) in [5, 5.41) is 9.37. The van der Waals surface area contributed by atoms with Crippen molar-refractivity contribution in [3.63, 3.8) is 0 Å². The number of aliphatic imine (C=N–C) groups is 1. The first-order valence-corrected chi connectivity index (χ1v) is 9.07. The lowest BCUT2D eigenvalue weighted by Crippen LogP contribution is -2.42. The Balaban J connectivity index is 2.56. The maximum absolute atomic E-state index is 11.2. The maximum atomic E-state index is 11.2. The molecule has 25 heavy (non-hydrogen) atoms. The van der Waals surface area contributed by atoms with Crippen molar-refractivity contribution in [3.8, 4) is 0 Å². The number of carbonyl (C=O) groups excluding carboxylic acids is 1. The summed E-state index contributed by atoms with van der Waals surface area (Å²) in [6, 6.07) is 7.98.